The topological polar surface area (TPSA) is 19.6 Å². The molecule has 0 N–H and O–H groups in total. The molecule has 330 valence electrons. The predicted molar refractivity (Wildman–Crippen MR) is 290 cm³/mol. The fraction of sp³-hybridized carbons (Fsp3) is 0.206. The van der Waals surface area contributed by atoms with Gasteiger partial charge < -0.3 is 14.1 Å². The number of rotatable bonds is 2. The van der Waals surface area contributed by atoms with Gasteiger partial charge in [0.2, 0.25) is 0 Å². The number of benzene rings is 8. The number of nitrogens with zero attached hydrogens (tertiary/aromatic N) is 2. The molecule has 0 unspecified atom stereocenters. The van der Waals surface area contributed by atoms with Crippen molar-refractivity contribution >= 4 is 86.2 Å². The Kier molecular flexibility index (Phi) is 7.97. The monoisotopic (exact) mass is 894 g/mol. The highest BCUT2D eigenvalue weighted by atomic mass is 28.3. The van der Waals surface area contributed by atoms with E-state index in [4.69, 9.17) is 4.42 Å². The third-order valence-corrected chi connectivity index (χ3v) is 21.8. The summed E-state index contributed by atoms with van der Waals surface area (Å²) in [5.41, 5.74) is 22.7. The summed E-state index contributed by atoms with van der Waals surface area (Å²) in [6.45, 7) is 18.8. The largest absolute Gasteiger partial charge is 0.466 e. The molecule has 8 aromatic carbocycles. The van der Waals surface area contributed by atoms with E-state index in [2.05, 4.69) is 229 Å². The fourth-order valence-electron chi connectivity index (χ4n) is 13.5. The maximum Gasteiger partial charge on any atom is 0.375 e. The lowest BCUT2D eigenvalue weighted by Gasteiger charge is -2.50. The number of aryl methyl sites for hydroxylation is 1. The van der Waals surface area contributed by atoms with Crippen molar-refractivity contribution < 1.29 is 4.42 Å². The van der Waals surface area contributed by atoms with Gasteiger partial charge in [0.05, 0.1) is 11.4 Å². The molecule has 1 aromatic heterocycles. The van der Waals surface area contributed by atoms with Crippen LogP contribution in [0.2, 0.25) is 0 Å². The molecule has 3 nitrogen and oxygen atoms in total. The van der Waals surface area contributed by atoms with Crippen LogP contribution < -0.4 is 41.6 Å². The van der Waals surface area contributed by atoms with Crippen LogP contribution in [0.1, 0.15) is 83.6 Å². The summed E-state index contributed by atoms with van der Waals surface area (Å²) in [6.07, 6.45) is 2.29. The number of furan rings is 1. The summed E-state index contributed by atoms with van der Waals surface area (Å²) in [6, 6.07) is 63.5. The number of hydrogen-bond donors (Lipinski definition) is 0. The minimum absolute atomic E-state index is 0.0191. The molecule has 5 aliphatic rings. The highest BCUT2D eigenvalue weighted by Gasteiger charge is 2.58. The molecule has 0 bridgehead atoms. The van der Waals surface area contributed by atoms with Crippen molar-refractivity contribution in [3.8, 4) is 33.4 Å². The standard InChI is InChI=1S/C63H55BN2OSi/c1-38-33-45-43-23-18-28-56-58(43)66(50-24-14-17-27-55(50)68(56)53-25-15-12-21-41(53)42-22-13-16-26-54(42)68)64-57(45)51(34-38)65(49-30-29-40(61(2,3)4)35-44(49)39-19-10-9-11-20-39)59-46-36-47-48(37-52(46)67-60(59)64)63(7,8)32-31-62(47,5)6/h9-30,33-37H,31-32H2,1-8H3. The Morgan fingerprint density at radius 2 is 1.15 bits per heavy atom. The smallest absolute Gasteiger partial charge is 0.375 e. The molecular weight excluding hydrogens is 840 g/mol. The van der Waals surface area contributed by atoms with Crippen molar-refractivity contribution in [2.24, 2.45) is 0 Å². The molecule has 5 heterocycles. The lowest BCUT2D eigenvalue weighted by molar-refractivity contribution is 0.332. The number of para-hydroxylation sites is 2. The molecule has 4 aliphatic heterocycles. The number of hydrogen-bond acceptors (Lipinski definition) is 3. The van der Waals surface area contributed by atoms with Gasteiger partial charge in [0.15, 0.2) is 8.07 Å². The highest BCUT2D eigenvalue weighted by Crippen LogP contribution is 2.54. The minimum Gasteiger partial charge on any atom is -0.466 e. The van der Waals surface area contributed by atoms with Gasteiger partial charge in [-0.1, -0.05) is 176 Å². The van der Waals surface area contributed by atoms with E-state index in [1.54, 1.807) is 0 Å². The van der Waals surface area contributed by atoms with Crippen molar-refractivity contribution in [1.82, 2.24) is 0 Å². The number of fused-ring (bicyclic) bond motifs is 16. The molecule has 0 saturated heterocycles. The summed E-state index contributed by atoms with van der Waals surface area (Å²) in [4.78, 5) is 5.35. The Labute approximate surface area is 402 Å². The van der Waals surface area contributed by atoms with Gasteiger partial charge in [-0.2, -0.15) is 0 Å². The Morgan fingerprint density at radius 3 is 1.85 bits per heavy atom. The lowest BCUT2D eigenvalue weighted by atomic mass is 9.45. The van der Waals surface area contributed by atoms with Gasteiger partial charge in [-0.25, -0.2) is 0 Å². The maximum atomic E-state index is 7.76. The van der Waals surface area contributed by atoms with E-state index in [9.17, 15) is 0 Å². The second-order valence-electron chi connectivity index (χ2n) is 22.7. The molecular formula is C63H55BN2OSi. The number of anilines is 5. The predicted octanol–water partition coefficient (Wildman–Crippen LogP) is 12.4. The second-order valence-corrected chi connectivity index (χ2v) is 26.4. The average molecular weight is 895 g/mol. The van der Waals surface area contributed by atoms with E-state index in [0.29, 0.717) is 0 Å². The van der Waals surface area contributed by atoms with E-state index in [1.807, 2.05) is 0 Å². The van der Waals surface area contributed by atoms with Crippen LogP contribution in [-0.4, -0.2) is 14.9 Å². The van der Waals surface area contributed by atoms with Gasteiger partial charge >= 0.3 is 6.85 Å². The zero-order chi connectivity index (χ0) is 46.2. The Morgan fingerprint density at radius 1 is 0.529 bits per heavy atom. The van der Waals surface area contributed by atoms with E-state index < -0.39 is 8.07 Å². The molecule has 68 heavy (non-hydrogen) atoms. The van der Waals surface area contributed by atoms with Crippen LogP contribution in [-0.2, 0) is 16.2 Å². The normalized spacial score (nSPS) is 17.0. The van der Waals surface area contributed by atoms with Crippen molar-refractivity contribution in [3.05, 3.63) is 186 Å². The molecule has 0 amide bonds. The molecule has 0 saturated carbocycles. The minimum atomic E-state index is -2.82. The summed E-state index contributed by atoms with van der Waals surface area (Å²) in [5, 5.41) is 7.07. The Hall–Kier alpha value is -6.82. The first-order valence-electron chi connectivity index (χ1n) is 24.8. The first-order chi connectivity index (χ1) is 32.8. The average Bonchev–Trinajstić information content (AvgIpc) is 3.86. The van der Waals surface area contributed by atoms with Gasteiger partial charge in [-0.05, 0) is 143 Å². The maximum absolute atomic E-state index is 7.76. The van der Waals surface area contributed by atoms with Crippen molar-refractivity contribution in [3.63, 3.8) is 0 Å². The summed E-state index contributed by atoms with van der Waals surface area (Å²) in [5.74, 6) is 0. The van der Waals surface area contributed by atoms with Gasteiger partial charge in [0, 0.05) is 33.6 Å². The molecule has 14 rings (SSSR count). The van der Waals surface area contributed by atoms with Crippen LogP contribution in [0.5, 0.6) is 0 Å². The molecule has 1 aliphatic carbocycles. The molecule has 9 aromatic rings. The molecule has 0 atom stereocenters. The zero-order valence-corrected chi connectivity index (χ0v) is 41.4. The first kappa shape index (κ1) is 40.3. The molecule has 1 spiro atoms. The van der Waals surface area contributed by atoms with E-state index in [-0.39, 0.29) is 23.1 Å². The van der Waals surface area contributed by atoms with Gasteiger partial charge in [-0.3, -0.25) is 0 Å². The van der Waals surface area contributed by atoms with E-state index in [0.717, 1.165) is 29.8 Å². The summed E-state index contributed by atoms with van der Waals surface area (Å²) >= 11 is 0. The van der Waals surface area contributed by atoms with Crippen molar-refractivity contribution in [2.75, 3.05) is 9.71 Å². The van der Waals surface area contributed by atoms with Crippen LogP contribution in [0.4, 0.5) is 28.4 Å². The van der Waals surface area contributed by atoms with Crippen molar-refractivity contribution in [1.29, 1.82) is 0 Å². The van der Waals surface area contributed by atoms with E-state index in [1.165, 1.54) is 110 Å². The van der Waals surface area contributed by atoms with Crippen molar-refractivity contribution in [2.45, 2.75) is 84.5 Å². The Bertz CT molecular complexity index is 3620. The first-order valence-corrected chi connectivity index (χ1v) is 26.8. The SMILES string of the molecule is Cc1cc2c3c(c1)N(c1ccc(C(C)(C)C)cc1-c1ccccc1)c1c(oc4cc5c(cc14)C(C)(C)CCC5(C)C)B3N1c3ccccc3[Si]3(c4ccccc4-c4ccccc43)c3cccc-2c31. The molecule has 0 fully saturated rings. The second kappa shape index (κ2) is 13.5. The zero-order valence-electron chi connectivity index (χ0n) is 40.4. The van der Waals surface area contributed by atoms with Crippen LogP contribution in [0.25, 0.3) is 44.3 Å². The van der Waals surface area contributed by atoms with Gasteiger partial charge in [-0.15, -0.1) is 0 Å². The summed E-state index contributed by atoms with van der Waals surface area (Å²) < 4.78 is 7.76. The highest BCUT2D eigenvalue weighted by molar-refractivity contribution is 7.24. The molecule has 5 heteroatoms. The fourth-order valence-corrected chi connectivity index (χ4v) is 19.1. The van der Waals surface area contributed by atoms with Crippen LogP contribution >= 0.6 is 0 Å². The van der Waals surface area contributed by atoms with Crippen LogP contribution in [0.3, 0.4) is 0 Å². The van der Waals surface area contributed by atoms with Gasteiger partial charge in [0.1, 0.15) is 11.2 Å². The van der Waals surface area contributed by atoms with E-state index >= 15 is 0 Å². The lowest BCUT2D eigenvalue weighted by Crippen LogP contribution is -2.78. The quantitative estimate of drug-likeness (QED) is 0.161. The van der Waals surface area contributed by atoms with Gasteiger partial charge in [0.25, 0.3) is 0 Å². The Balaban J connectivity index is 1.14. The van der Waals surface area contributed by atoms with Crippen LogP contribution in [0.15, 0.2) is 168 Å². The third-order valence-electron chi connectivity index (χ3n) is 16.9. The summed E-state index contributed by atoms with van der Waals surface area (Å²) in [7, 11) is -2.82. The third kappa shape index (κ3) is 5.10. The molecule has 0 radical (unpaired) electrons. The van der Waals surface area contributed by atoms with Crippen LogP contribution in [0, 0.1) is 6.92 Å².